The van der Waals surface area contributed by atoms with Crippen molar-refractivity contribution >= 4 is 5.97 Å². The van der Waals surface area contributed by atoms with Crippen molar-refractivity contribution in [3.05, 3.63) is 34.4 Å². The summed E-state index contributed by atoms with van der Waals surface area (Å²) in [5.41, 5.74) is 4.20. The van der Waals surface area contributed by atoms with E-state index >= 15 is 0 Å². The maximum absolute atomic E-state index is 11.3. The fourth-order valence-electron chi connectivity index (χ4n) is 2.62. The molecule has 1 atom stereocenters. The van der Waals surface area contributed by atoms with E-state index in [9.17, 15) is 9.90 Å². The monoisotopic (exact) mass is 204 g/mol. The predicted molar refractivity (Wildman–Crippen MR) is 53.7 cm³/mol. The van der Waals surface area contributed by atoms with E-state index in [2.05, 4.69) is 0 Å². The van der Waals surface area contributed by atoms with Gasteiger partial charge in [-0.25, -0.2) is 4.79 Å². The minimum atomic E-state index is -0.208. The molecule has 0 fully saturated rings. The fraction of sp³-hybridized carbons (Fsp3) is 0.417. The van der Waals surface area contributed by atoms with Gasteiger partial charge in [0.25, 0.3) is 0 Å². The van der Waals surface area contributed by atoms with Crippen LogP contribution in [0.15, 0.2) is 12.1 Å². The highest BCUT2D eigenvalue weighted by molar-refractivity contribution is 5.94. The summed E-state index contributed by atoms with van der Waals surface area (Å²) in [4.78, 5) is 11.3. The maximum atomic E-state index is 11.3. The van der Waals surface area contributed by atoms with Gasteiger partial charge in [0.2, 0.25) is 0 Å². The number of fused-ring (bicyclic) bond motifs is 3. The Morgan fingerprint density at radius 1 is 1.40 bits per heavy atom. The Kier molecular flexibility index (Phi) is 1.83. The lowest BCUT2D eigenvalue weighted by Gasteiger charge is -2.08. The standard InChI is InChI=1S/C12H12O3/c13-5-7-1-2-9-8(7)3-4-10-11(9)6-15-12(10)14/h3-4,7,13H,1-2,5-6H2. The molecule has 78 valence electrons. The molecule has 1 unspecified atom stereocenters. The zero-order chi connectivity index (χ0) is 10.4. The second kappa shape index (κ2) is 3.07. The summed E-state index contributed by atoms with van der Waals surface area (Å²) in [6.45, 7) is 0.607. The first kappa shape index (κ1) is 8.92. The average Bonchev–Trinajstić information content (AvgIpc) is 2.81. The normalized spacial score (nSPS) is 22.5. The van der Waals surface area contributed by atoms with Gasteiger partial charge in [-0.05, 0) is 30.0 Å². The molecule has 0 bridgehead atoms. The van der Waals surface area contributed by atoms with Crippen LogP contribution < -0.4 is 0 Å². The van der Waals surface area contributed by atoms with E-state index in [1.54, 1.807) is 0 Å². The van der Waals surface area contributed by atoms with Gasteiger partial charge < -0.3 is 9.84 Å². The Bertz CT molecular complexity index is 437. The van der Waals surface area contributed by atoms with Gasteiger partial charge in [0.1, 0.15) is 6.61 Å². The molecule has 1 aromatic carbocycles. The predicted octanol–water partition coefficient (Wildman–Crippen LogP) is 1.38. The highest BCUT2D eigenvalue weighted by Gasteiger charge is 2.30. The van der Waals surface area contributed by atoms with Crippen LogP contribution in [-0.4, -0.2) is 17.7 Å². The molecule has 3 rings (SSSR count). The Balaban J connectivity index is 2.15. The van der Waals surface area contributed by atoms with Crippen molar-refractivity contribution < 1.29 is 14.6 Å². The quantitative estimate of drug-likeness (QED) is 0.703. The highest BCUT2D eigenvalue weighted by atomic mass is 16.5. The number of aliphatic hydroxyl groups is 1. The smallest absolute Gasteiger partial charge is 0.338 e. The third-order valence-electron chi connectivity index (χ3n) is 3.44. The molecule has 1 aliphatic carbocycles. The molecule has 0 amide bonds. The summed E-state index contributed by atoms with van der Waals surface area (Å²) < 4.78 is 5.02. The molecule has 1 heterocycles. The number of benzene rings is 1. The second-order valence-electron chi connectivity index (χ2n) is 4.15. The van der Waals surface area contributed by atoms with Crippen molar-refractivity contribution in [1.29, 1.82) is 0 Å². The summed E-state index contributed by atoms with van der Waals surface area (Å²) in [5.74, 6) is 0.0428. The minimum absolute atomic E-state index is 0.195. The topological polar surface area (TPSA) is 46.5 Å². The molecular weight excluding hydrogens is 192 g/mol. The van der Waals surface area contributed by atoms with Crippen molar-refractivity contribution in [2.45, 2.75) is 25.4 Å². The zero-order valence-corrected chi connectivity index (χ0v) is 8.32. The third-order valence-corrected chi connectivity index (χ3v) is 3.44. The van der Waals surface area contributed by atoms with E-state index in [1.165, 1.54) is 11.1 Å². The van der Waals surface area contributed by atoms with Crippen LogP contribution >= 0.6 is 0 Å². The lowest BCUT2D eigenvalue weighted by atomic mass is 9.96. The molecule has 3 heteroatoms. The number of hydrogen-bond donors (Lipinski definition) is 1. The second-order valence-corrected chi connectivity index (χ2v) is 4.15. The molecule has 0 radical (unpaired) electrons. The van der Waals surface area contributed by atoms with Crippen LogP contribution in [0.25, 0.3) is 0 Å². The van der Waals surface area contributed by atoms with Crippen molar-refractivity contribution in [3.63, 3.8) is 0 Å². The molecule has 3 nitrogen and oxygen atoms in total. The number of esters is 1. The first-order valence-electron chi connectivity index (χ1n) is 5.24. The van der Waals surface area contributed by atoms with Crippen molar-refractivity contribution in [1.82, 2.24) is 0 Å². The first-order valence-corrected chi connectivity index (χ1v) is 5.24. The molecule has 2 aliphatic rings. The lowest BCUT2D eigenvalue weighted by molar-refractivity contribution is 0.0535. The summed E-state index contributed by atoms with van der Waals surface area (Å²) in [6.07, 6.45) is 1.94. The van der Waals surface area contributed by atoms with Crippen LogP contribution in [0.2, 0.25) is 0 Å². The Labute approximate surface area is 87.7 Å². The Morgan fingerprint density at radius 2 is 2.27 bits per heavy atom. The molecule has 1 aromatic rings. The van der Waals surface area contributed by atoms with Crippen LogP contribution in [0, 0.1) is 0 Å². The van der Waals surface area contributed by atoms with Crippen molar-refractivity contribution in [3.8, 4) is 0 Å². The Morgan fingerprint density at radius 3 is 3.07 bits per heavy atom. The van der Waals surface area contributed by atoms with Gasteiger partial charge in [0.15, 0.2) is 0 Å². The summed E-state index contributed by atoms with van der Waals surface area (Å²) >= 11 is 0. The van der Waals surface area contributed by atoms with Gasteiger partial charge in [-0.1, -0.05) is 6.07 Å². The molecule has 1 N–H and O–H groups in total. The van der Waals surface area contributed by atoms with Crippen LogP contribution in [0.4, 0.5) is 0 Å². The molecule has 0 aromatic heterocycles. The van der Waals surface area contributed by atoms with Gasteiger partial charge in [-0.2, -0.15) is 0 Å². The van der Waals surface area contributed by atoms with Gasteiger partial charge in [0.05, 0.1) is 5.56 Å². The van der Waals surface area contributed by atoms with Crippen LogP contribution in [0.1, 0.15) is 39.4 Å². The summed E-state index contributed by atoms with van der Waals surface area (Å²) in [6, 6.07) is 3.80. The van der Waals surface area contributed by atoms with Crippen molar-refractivity contribution in [2.24, 2.45) is 0 Å². The number of carbonyl (C=O) groups excluding carboxylic acids is 1. The van der Waals surface area contributed by atoms with E-state index in [-0.39, 0.29) is 18.5 Å². The molecular formula is C12H12O3. The largest absolute Gasteiger partial charge is 0.457 e. The van der Waals surface area contributed by atoms with Crippen LogP contribution in [-0.2, 0) is 17.8 Å². The SMILES string of the molecule is O=C1OCc2c1ccc1c2CCC1CO. The van der Waals surface area contributed by atoms with Gasteiger partial charge >= 0.3 is 5.97 Å². The van der Waals surface area contributed by atoms with Gasteiger partial charge in [0, 0.05) is 18.1 Å². The number of rotatable bonds is 1. The number of cyclic esters (lactones) is 1. The Hall–Kier alpha value is -1.35. The maximum Gasteiger partial charge on any atom is 0.338 e. The molecule has 15 heavy (non-hydrogen) atoms. The molecule has 0 saturated heterocycles. The van der Waals surface area contributed by atoms with Crippen LogP contribution in [0.3, 0.4) is 0 Å². The average molecular weight is 204 g/mol. The van der Waals surface area contributed by atoms with Crippen molar-refractivity contribution in [2.75, 3.05) is 6.61 Å². The van der Waals surface area contributed by atoms with E-state index in [1.807, 2.05) is 12.1 Å². The summed E-state index contributed by atoms with van der Waals surface area (Å²) in [5, 5.41) is 9.22. The van der Waals surface area contributed by atoms with E-state index in [0.717, 1.165) is 18.4 Å². The minimum Gasteiger partial charge on any atom is -0.457 e. The molecule has 1 aliphatic heterocycles. The van der Waals surface area contributed by atoms with E-state index in [4.69, 9.17) is 4.74 Å². The highest BCUT2D eigenvalue weighted by Crippen LogP contribution is 2.38. The lowest BCUT2D eigenvalue weighted by Crippen LogP contribution is -2.00. The van der Waals surface area contributed by atoms with Crippen LogP contribution in [0.5, 0.6) is 0 Å². The zero-order valence-electron chi connectivity index (χ0n) is 8.32. The first-order chi connectivity index (χ1) is 7.31. The summed E-state index contributed by atoms with van der Waals surface area (Å²) in [7, 11) is 0. The number of ether oxygens (including phenoxy) is 1. The van der Waals surface area contributed by atoms with E-state index < -0.39 is 0 Å². The van der Waals surface area contributed by atoms with Gasteiger partial charge in [-0.3, -0.25) is 0 Å². The molecule has 0 saturated carbocycles. The number of hydrogen-bond acceptors (Lipinski definition) is 3. The number of aliphatic hydroxyl groups excluding tert-OH is 1. The molecule has 0 spiro atoms. The van der Waals surface area contributed by atoms with Gasteiger partial charge in [-0.15, -0.1) is 0 Å². The number of carbonyl (C=O) groups is 1. The third kappa shape index (κ3) is 1.13. The van der Waals surface area contributed by atoms with E-state index in [0.29, 0.717) is 12.2 Å². The fourth-order valence-corrected chi connectivity index (χ4v) is 2.62.